The minimum atomic E-state index is -0.888. The Kier molecular flexibility index (Phi) is 9.17. The summed E-state index contributed by atoms with van der Waals surface area (Å²) in [4.78, 5) is 19.8. The van der Waals surface area contributed by atoms with E-state index in [9.17, 15) is 9.90 Å². The maximum absolute atomic E-state index is 12.6. The molecule has 0 unspecified atom stereocenters. The summed E-state index contributed by atoms with van der Waals surface area (Å²) < 4.78 is 0. The number of benzene rings is 1. The Morgan fingerprint density at radius 3 is 2.68 bits per heavy atom. The van der Waals surface area contributed by atoms with Gasteiger partial charge in [-0.2, -0.15) is 0 Å². The molecule has 1 saturated carbocycles. The molecule has 0 bridgehead atoms. The van der Waals surface area contributed by atoms with Gasteiger partial charge in [-0.05, 0) is 87.6 Å². The summed E-state index contributed by atoms with van der Waals surface area (Å²) in [6.07, 6.45) is 16.7. The highest BCUT2D eigenvalue weighted by Gasteiger charge is 2.32. The van der Waals surface area contributed by atoms with E-state index in [0.29, 0.717) is 24.5 Å². The summed E-state index contributed by atoms with van der Waals surface area (Å²) in [7, 11) is 0. The van der Waals surface area contributed by atoms with Crippen LogP contribution in [0.25, 0.3) is 17.0 Å². The fourth-order valence-corrected chi connectivity index (χ4v) is 5.38. The van der Waals surface area contributed by atoms with Gasteiger partial charge in [0.15, 0.2) is 5.78 Å². The Hall–Kier alpha value is -3.24. The van der Waals surface area contributed by atoms with Crippen molar-refractivity contribution in [2.75, 3.05) is 13.1 Å². The summed E-state index contributed by atoms with van der Waals surface area (Å²) >= 11 is 0. The van der Waals surface area contributed by atoms with Gasteiger partial charge in [0.25, 0.3) is 0 Å². The van der Waals surface area contributed by atoms with Crippen LogP contribution in [0, 0.1) is 12.8 Å². The van der Waals surface area contributed by atoms with Gasteiger partial charge in [0.1, 0.15) is 0 Å². The van der Waals surface area contributed by atoms with Crippen LogP contribution in [-0.4, -0.2) is 33.9 Å². The first-order valence-corrected chi connectivity index (χ1v) is 14.1. The molecule has 1 aliphatic carbocycles. The van der Waals surface area contributed by atoms with E-state index in [0.717, 1.165) is 79.7 Å². The average molecular weight is 511 g/mol. The third-order valence-corrected chi connectivity index (χ3v) is 8.00. The first kappa shape index (κ1) is 27.8. The number of Topliss-reactive ketones (excluding diaryl/α,β-unsaturated/α-hetero) is 1. The van der Waals surface area contributed by atoms with Crippen LogP contribution in [0.5, 0.6) is 0 Å². The fraction of sp³-hybridized carbons (Fsp3) is 0.412. The van der Waals surface area contributed by atoms with Crippen molar-refractivity contribution in [1.82, 2.24) is 9.88 Å². The van der Waals surface area contributed by atoms with Crippen LogP contribution in [0.3, 0.4) is 0 Å². The lowest BCUT2D eigenvalue weighted by atomic mass is 9.87. The highest BCUT2D eigenvalue weighted by Crippen LogP contribution is 2.35. The maximum Gasteiger partial charge on any atom is 0.161 e. The molecule has 0 amide bonds. The lowest BCUT2D eigenvalue weighted by Crippen LogP contribution is -2.26. The summed E-state index contributed by atoms with van der Waals surface area (Å²) in [6.45, 7) is 13.7. The second kappa shape index (κ2) is 12.5. The zero-order valence-corrected chi connectivity index (χ0v) is 23.1. The molecule has 1 aromatic heterocycles. The largest absolute Gasteiger partial charge is 0.385 e. The number of hydrogen-bond donors (Lipinski definition) is 1. The topological polar surface area (TPSA) is 53.4 Å². The van der Waals surface area contributed by atoms with Crippen LogP contribution >= 0.6 is 0 Å². The minimum absolute atomic E-state index is 0.295. The van der Waals surface area contributed by atoms with Crippen LogP contribution in [0.15, 0.2) is 79.6 Å². The molecule has 1 fully saturated rings. The molecule has 4 heteroatoms. The van der Waals surface area contributed by atoms with Gasteiger partial charge in [-0.15, -0.1) is 6.58 Å². The number of pyridine rings is 1. The number of allylic oxidation sites excluding steroid dienone is 4. The first-order valence-electron chi connectivity index (χ1n) is 14.1. The Bertz CT molecular complexity index is 1220. The van der Waals surface area contributed by atoms with Crippen molar-refractivity contribution in [3.05, 3.63) is 96.3 Å². The molecule has 2 aliphatic rings. The minimum Gasteiger partial charge on any atom is -0.385 e. The molecule has 4 nitrogen and oxygen atoms in total. The van der Waals surface area contributed by atoms with E-state index < -0.39 is 5.60 Å². The third-order valence-electron chi connectivity index (χ3n) is 8.00. The van der Waals surface area contributed by atoms with Gasteiger partial charge in [0.05, 0.1) is 11.3 Å². The van der Waals surface area contributed by atoms with Gasteiger partial charge < -0.3 is 10.0 Å². The van der Waals surface area contributed by atoms with E-state index in [1.54, 1.807) is 0 Å². The van der Waals surface area contributed by atoms with Crippen molar-refractivity contribution >= 4 is 11.5 Å². The number of aromatic nitrogens is 1. The molecule has 1 aromatic carbocycles. The van der Waals surface area contributed by atoms with E-state index in [2.05, 4.69) is 55.3 Å². The SMILES string of the molecule is C=C/C=C(\c1cc(-c2ccc([C@@](O)(CC)CCC=C)cn2)ccc1C)N1CC/C=C(\C(=O)C2CC2)CCC1. The van der Waals surface area contributed by atoms with Crippen molar-refractivity contribution in [1.29, 1.82) is 0 Å². The van der Waals surface area contributed by atoms with Crippen LogP contribution < -0.4 is 0 Å². The molecule has 0 spiro atoms. The predicted octanol–water partition coefficient (Wildman–Crippen LogP) is 7.54. The molecular weight excluding hydrogens is 468 g/mol. The first-order chi connectivity index (χ1) is 18.4. The lowest BCUT2D eigenvalue weighted by Gasteiger charge is -2.30. The van der Waals surface area contributed by atoms with Crippen LogP contribution in [0.2, 0.25) is 0 Å². The summed E-state index contributed by atoms with van der Waals surface area (Å²) in [6, 6.07) is 10.5. The molecule has 2 aromatic rings. The van der Waals surface area contributed by atoms with E-state index in [-0.39, 0.29) is 0 Å². The van der Waals surface area contributed by atoms with Crippen molar-refractivity contribution < 1.29 is 9.90 Å². The second-order valence-corrected chi connectivity index (χ2v) is 10.7. The van der Waals surface area contributed by atoms with Crippen LogP contribution in [0.4, 0.5) is 0 Å². The quantitative estimate of drug-likeness (QED) is 0.251. The van der Waals surface area contributed by atoms with E-state index >= 15 is 0 Å². The third kappa shape index (κ3) is 6.42. The Labute approximate surface area is 228 Å². The van der Waals surface area contributed by atoms with E-state index in [4.69, 9.17) is 4.98 Å². The fourth-order valence-electron chi connectivity index (χ4n) is 5.38. The molecule has 38 heavy (non-hydrogen) atoms. The number of aliphatic hydroxyl groups is 1. The Balaban J connectivity index is 1.57. The number of carbonyl (C=O) groups is 1. The monoisotopic (exact) mass is 510 g/mol. The van der Waals surface area contributed by atoms with Crippen LogP contribution in [0.1, 0.15) is 75.0 Å². The zero-order valence-electron chi connectivity index (χ0n) is 23.1. The number of ketones is 1. The standard InChI is InChI=1S/C34H42N2O2/c1-5-8-20-34(38,7-3)29-18-19-31(35-24-29)28-15-14-25(4)30(23-28)32(11-6-2)36-21-9-12-26(13-10-22-36)33(37)27-16-17-27/h5-6,11-12,14-15,18-19,23-24,27,38H,1-2,7-10,13,16-17,20-22H2,3-4H3/b26-12-,32-11+/t34-/m1/s1. The molecule has 0 radical (unpaired) electrons. The van der Waals surface area contributed by atoms with Crippen molar-refractivity contribution in [2.45, 2.75) is 70.8 Å². The summed E-state index contributed by atoms with van der Waals surface area (Å²) in [5.41, 5.74) is 6.46. The number of hydrogen-bond acceptors (Lipinski definition) is 4. The molecule has 4 rings (SSSR count). The van der Waals surface area contributed by atoms with E-state index in [1.165, 1.54) is 11.1 Å². The van der Waals surface area contributed by atoms with Crippen molar-refractivity contribution in [2.24, 2.45) is 5.92 Å². The molecule has 1 N–H and O–H groups in total. The Morgan fingerprint density at radius 2 is 2.03 bits per heavy atom. The molecule has 200 valence electrons. The summed E-state index contributed by atoms with van der Waals surface area (Å²) in [5.74, 6) is 0.685. The molecule has 1 atom stereocenters. The van der Waals surface area contributed by atoms with Crippen molar-refractivity contribution in [3.8, 4) is 11.3 Å². The number of rotatable bonds is 11. The molecule has 1 aliphatic heterocycles. The van der Waals surface area contributed by atoms with Crippen molar-refractivity contribution in [3.63, 3.8) is 0 Å². The number of nitrogens with zero attached hydrogens (tertiary/aromatic N) is 2. The van der Waals surface area contributed by atoms with Gasteiger partial charge in [0, 0.05) is 47.6 Å². The number of carbonyl (C=O) groups excluding carboxylic acids is 1. The zero-order chi connectivity index (χ0) is 27.1. The second-order valence-electron chi connectivity index (χ2n) is 10.7. The smallest absolute Gasteiger partial charge is 0.161 e. The highest BCUT2D eigenvalue weighted by atomic mass is 16.3. The van der Waals surface area contributed by atoms with Gasteiger partial charge in [-0.1, -0.05) is 49.9 Å². The summed E-state index contributed by atoms with van der Waals surface area (Å²) in [5, 5.41) is 11.1. The number of aryl methyl sites for hydroxylation is 1. The van der Waals surface area contributed by atoms with Gasteiger partial charge in [-0.3, -0.25) is 9.78 Å². The lowest BCUT2D eigenvalue weighted by molar-refractivity contribution is -0.116. The average Bonchev–Trinajstić information content (AvgIpc) is 3.77. The molecule has 0 saturated heterocycles. The Morgan fingerprint density at radius 1 is 1.21 bits per heavy atom. The maximum atomic E-state index is 12.6. The molecular formula is C34H42N2O2. The normalized spacial score (nSPS) is 19.5. The predicted molar refractivity (Wildman–Crippen MR) is 157 cm³/mol. The van der Waals surface area contributed by atoms with Gasteiger partial charge in [0.2, 0.25) is 0 Å². The highest BCUT2D eigenvalue weighted by molar-refractivity contribution is 5.98. The molecule has 2 heterocycles. The van der Waals surface area contributed by atoms with Gasteiger partial charge >= 0.3 is 0 Å². The van der Waals surface area contributed by atoms with Crippen LogP contribution in [-0.2, 0) is 10.4 Å². The van der Waals surface area contributed by atoms with E-state index in [1.807, 2.05) is 37.4 Å². The van der Waals surface area contributed by atoms with Gasteiger partial charge in [-0.25, -0.2) is 0 Å².